The minimum Gasteiger partial charge on any atom is -0.412 e. The standard InChI is InChI=1S/BrH.6H2O/h1H;6*1H2. The van der Waals surface area contributed by atoms with Gasteiger partial charge in [0.15, 0.2) is 0 Å². The van der Waals surface area contributed by atoms with Crippen LogP contribution in [0.4, 0.5) is 0 Å². The van der Waals surface area contributed by atoms with Crippen LogP contribution in [-0.4, -0.2) is 32.9 Å². The maximum absolute atomic E-state index is 0. The van der Waals surface area contributed by atoms with Gasteiger partial charge < -0.3 is 32.9 Å². The Labute approximate surface area is 50.8 Å². The van der Waals surface area contributed by atoms with Gasteiger partial charge in [0, 0.05) is 0 Å². The summed E-state index contributed by atoms with van der Waals surface area (Å²) in [6.45, 7) is 0. The summed E-state index contributed by atoms with van der Waals surface area (Å²) in [5.74, 6) is 0. The van der Waals surface area contributed by atoms with Crippen molar-refractivity contribution in [1.29, 1.82) is 0 Å². The van der Waals surface area contributed by atoms with Gasteiger partial charge in [0.05, 0.1) is 0 Å². The molecule has 7 heteroatoms. The largest absolute Gasteiger partial charge is 0.412 e. The normalized spacial score (nSPS) is 0. The van der Waals surface area contributed by atoms with Gasteiger partial charge in [-0.2, -0.15) is 0 Å². The lowest BCUT2D eigenvalue weighted by Crippen LogP contribution is -0.290. The Morgan fingerprint density at radius 2 is 0.286 bits per heavy atom. The molecule has 0 saturated carbocycles. The highest BCUT2D eigenvalue weighted by Gasteiger charge is -0.114. The van der Waals surface area contributed by atoms with Crippen molar-refractivity contribution >= 4 is 17.0 Å². The van der Waals surface area contributed by atoms with Crippen molar-refractivity contribution in [2.75, 3.05) is 0 Å². The second-order valence-electron chi connectivity index (χ2n) is 0. The number of hydrogen-bond acceptors (Lipinski definition) is 0. The molecule has 0 aromatic carbocycles. The predicted molar refractivity (Wildman–Crippen MR) is 32.0 cm³/mol. The molecule has 0 rings (SSSR count). The fraction of sp³-hybridized carbons (Fsp3) is 0. The molecule has 0 bridgehead atoms. The first-order chi connectivity index (χ1) is 0. The van der Waals surface area contributed by atoms with Crippen molar-refractivity contribution in [2.24, 2.45) is 0 Å². The first-order valence-electron chi connectivity index (χ1n) is 0. The molecular weight excluding hydrogens is 176 g/mol. The molecule has 56 valence electrons. The highest BCUT2D eigenvalue weighted by Crippen LogP contribution is 0.846. The summed E-state index contributed by atoms with van der Waals surface area (Å²) in [7, 11) is 0. The first-order valence-corrected chi connectivity index (χ1v) is 0. The molecule has 0 amide bonds. The van der Waals surface area contributed by atoms with Gasteiger partial charge in [-0.3, -0.25) is 0 Å². The van der Waals surface area contributed by atoms with Gasteiger partial charge in [-0.1, -0.05) is 0 Å². The highest BCUT2D eigenvalue weighted by molar-refractivity contribution is 8.93. The van der Waals surface area contributed by atoms with Crippen molar-refractivity contribution in [3.63, 3.8) is 0 Å². The van der Waals surface area contributed by atoms with Crippen molar-refractivity contribution in [3.05, 3.63) is 0 Å². The molecule has 0 saturated heterocycles. The van der Waals surface area contributed by atoms with Gasteiger partial charge >= 0.3 is 0 Å². The van der Waals surface area contributed by atoms with E-state index in [1.807, 2.05) is 0 Å². The van der Waals surface area contributed by atoms with E-state index in [0.717, 1.165) is 0 Å². The molecule has 0 aliphatic rings. The van der Waals surface area contributed by atoms with Crippen LogP contribution in [0.25, 0.3) is 0 Å². The first kappa shape index (κ1) is 4890. The van der Waals surface area contributed by atoms with E-state index in [2.05, 4.69) is 0 Å². The van der Waals surface area contributed by atoms with Crippen molar-refractivity contribution in [3.8, 4) is 0 Å². The third kappa shape index (κ3) is 1950. The lowest BCUT2D eigenvalue weighted by Gasteiger charge is -0.413. The average molecular weight is 189 g/mol. The average Bonchev–Trinajstić information content (AvgIpc) is 0. The smallest absolute Gasteiger partial charge is 0.114 e. The molecule has 0 aromatic heterocycles. The van der Waals surface area contributed by atoms with E-state index in [4.69, 9.17) is 0 Å². The Morgan fingerprint density at radius 3 is 0.286 bits per heavy atom. The van der Waals surface area contributed by atoms with Crippen LogP contribution < -0.4 is 0 Å². The molecule has 0 atom stereocenters. The SMILES string of the molecule is Br.O.O.O.O.O.O. The van der Waals surface area contributed by atoms with Crippen LogP contribution in [0.15, 0.2) is 0 Å². The fourth-order valence-corrected chi connectivity index (χ4v) is 0. The van der Waals surface area contributed by atoms with E-state index in [1.54, 1.807) is 0 Å². The summed E-state index contributed by atoms with van der Waals surface area (Å²) >= 11 is 0. The van der Waals surface area contributed by atoms with Gasteiger partial charge in [-0.15, -0.1) is 17.0 Å². The molecule has 0 spiro atoms. The molecule has 12 N–H and O–H groups in total. The van der Waals surface area contributed by atoms with E-state index >= 15 is 0 Å². The Balaban J connectivity index is 0. The minimum absolute atomic E-state index is 0. The summed E-state index contributed by atoms with van der Waals surface area (Å²) in [6.07, 6.45) is 0. The highest BCUT2D eigenvalue weighted by atomic mass is 79.9. The maximum atomic E-state index is 0. The van der Waals surface area contributed by atoms with Gasteiger partial charge in [-0.25, -0.2) is 0 Å². The summed E-state index contributed by atoms with van der Waals surface area (Å²) in [4.78, 5) is 0. The maximum Gasteiger partial charge on any atom is -0.114 e. The topological polar surface area (TPSA) is 189 Å². The number of hydrogen-bond donors (Lipinski definition) is 0. The Hall–Kier alpha value is 0.240. The van der Waals surface area contributed by atoms with E-state index in [-0.39, 0.29) is 49.8 Å². The molecular formula is H13BrO6. The van der Waals surface area contributed by atoms with E-state index < -0.39 is 0 Å². The van der Waals surface area contributed by atoms with Crippen molar-refractivity contribution in [2.45, 2.75) is 0 Å². The molecule has 7 heavy (non-hydrogen) atoms. The molecule has 0 radical (unpaired) electrons. The Bertz CT molecular complexity index is 4.14. The van der Waals surface area contributed by atoms with Gasteiger partial charge in [0.2, 0.25) is 0 Å². The summed E-state index contributed by atoms with van der Waals surface area (Å²) in [6, 6.07) is 0. The lowest BCUT2D eigenvalue weighted by atomic mass is 16.0. The molecule has 0 unspecified atom stereocenters. The second kappa shape index (κ2) is 2970. The summed E-state index contributed by atoms with van der Waals surface area (Å²) < 4.78 is 0. The third-order valence-electron chi connectivity index (χ3n) is 0. The van der Waals surface area contributed by atoms with Crippen LogP contribution in [0, 0.1) is 0 Å². The molecule has 0 aliphatic carbocycles. The van der Waals surface area contributed by atoms with Gasteiger partial charge in [0.1, 0.15) is 0 Å². The summed E-state index contributed by atoms with van der Waals surface area (Å²) in [5.41, 5.74) is 0. The van der Waals surface area contributed by atoms with E-state index in [0.29, 0.717) is 0 Å². The van der Waals surface area contributed by atoms with Crippen LogP contribution in [-0.2, 0) is 0 Å². The van der Waals surface area contributed by atoms with Crippen molar-refractivity contribution in [1.82, 2.24) is 0 Å². The quantitative estimate of drug-likeness (QED) is 0.356. The van der Waals surface area contributed by atoms with Crippen LogP contribution in [0.5, 0.6) is 0 Å². The van der Waals surface area contributed by atoms with E-state index in [1.165, 1.54) is 0 Å². The van der Waals surface area contributed by atoms with Crippen LogP contribution in [0.1, 0.15) is 0 Å². The lowest BCUT2D eigenvalue weighted by molar-refractivity contribution is 0.823. The predicted octanol–water partition coefficient (Wildman–Crippen LogP) is -4.37. The Kier molecular flexibility index (Phi) is 2080000. The molecule has 0 heterocycles. The molecule has 0 aromatic rings. The molecule has 6 nitrogen and oxygen atoms in total. The Morgan fingerprint density at radius 1 is 0.286 bits per heavy atom. The van der Waals surface area contributed by atoms with Crippen LogP contribution in [0.3, 0.4) is 0 Å². The zero-order valence-electron chi connectivity index (χ0n) is 3.41. The fourth-order valence-electron chi connectivity index (χ4n) is 0. The second-order valence-corrected chi connectivity index (χ2v) is 0. The third-order valence-corrected chi connectivity index (χ3v) is 0. The zero-order chi connectivity index (χ0) is 0. The van der Waals surface area contributed by atoms with Crippen LogP contribution in [0.2, 0.25) is 0 Å². The monoisotopic (exact) mass is 188 g/mol. The molecule has 0 aliphatic heterocycles. The molecule has 0 fully saturated rings. The van der Waals surface area contributed by atoms with Gasteiger partial charge in [0.25, 0.3) is 0 Å². The zero-order valence-corrected chi connectivity index (χ0v) is 5.12. The minimum atomic E-state index is 0. The summed E-state index contributed by atoms with van der Waals surface area (Å²) in [5, 5.41) is 0. The van der Waals surface area contributed by atoms with Crippen molar-refractivity contribution < 1.29 is 32.9 Å². The van der Waals surface area contributed by atoms with E-state index in [9.17, 15) is 0 Å². The number of rotatable bonds is 0. The van der Waals surface area contributed by atoms with Gasteiger partial charge in [-0.05, 0) is 0 Å². The number of halogens is 1. The van der Waals surface area contributed by atoms with Crippen LogP contribution >= 0.6 is 17.0 Å².